The van der Waals surface area contributed by atoms with Crippen molar-refractivity contribution in [3.63, 3.8) is 0 Å². The number of carbonyl (C=O) groups excluding carboxylic acids is 3. The SMILES string of the molecule is CC(C)C[C@H](NC(=O)[C@H](CC(C)C)NC(=O)[C@@H](N)CCCCN)C(=O)N[C@@H](C)C(=O)O. The zero-order chi connectivity index (χ0) is 24.1. The van der Waals surface area contributed by atoms with Gasteiger partial charge in [0, 0.05) is 0 Å². The van der Waals surface area contributed by atoms with Gasteiger partial charge in [0.2, 0.25) is 17.7 Å². The summed E-state index contributed by atoms with van der Waals surface area (Å²) in [5, 5.41) is 16.8. The quantitative estimate of drug-likeness (QED) is 0.194. The van der Waals surface area contributed by atoms with Crippen molar-refractivity contribution in [2.75, 3.05) is 6.54 Å². The Bertz CT molecular complexity index is 597. The largest absolute Gasteiger partial charge is 0.480 e. The Labute approximate surface area is 185 Å². The van der Waals surface area contributed by atoms with Gasteiger partial charge in [0.1, 0.15) is 18.1 Å². The molecule has 0 fully saturated rings. The summed E-state index contributed by atoms with van der Waals surface area (Å²) in [5.74, 6) is -2.50. The summed E-state index contributed by atoms with van der Waals surface area (Å²) in [6.07, 6.45) is 2.63. The molecule has 4 atom stereocenters. The number of hydrogen-bond donors (Lipinski definition) is 6. The van der Waals surface area contributed by atoms with Crippen LogP contribution in [0.5, 0.6) is 0 Å². The van der Waals surface area contributed by atoms with Gasteiger partial charge in [0.05, 0.1) is 6.04 Å². The Morgan fingerprint density at radius 3 is 1.65 bits per heavy atom. The lowest BCUT2D eigenvalue weighted by atomic mass is 9.99. The molecular weight excluding hydrogens is 402 g/mol. The molecule has 0 aliphatic heterocycles. The first-order valence-electron chi connectivity index (χ1n) is 11.0. The maximum Gasteiger partial charge on any atom is 0.325 e. The van der Waals surface area contributed by atoms with E-state index in [0.717, 1.165) is 6.42 Å². The van der Waals surface area contributed by atoms with Gasteiger partial charge < -0.3 is 32.5 Å². The van der Waals surface area contributed by atoms with E-state index < -0.39 is 47.9 Å². The van der Waals surface area contributed by atoms with E-state index in [9.17, 15) is 19.2 Å². The molecule has 0 unspecified atom stereocenters. The third-order valence-corrected chi connectivity index (χ3v) is 4.72. The Kier molecular flexibility index (Phi) is 13.7. The molecule has 10 nitrogen and oxygen atoms in total. The maximum absolute atomic E-state index is 12.9. The Hall–Kier alpha value is -2.20. The van der Waals surface area contributed by atoms with Gasteiger partial charge in [-0.05, 0) is 51.0 Å². The van der Waals surface area contributed by atoms with Crippen LogP contribution in [0.3, 0.4) is 0 Å². The number of amides is 3. The molecule has 0 aromatic rings. The molecule has 31 heavy (non-hydrogen) atoms. The molecule has 180 valence electrons. The summed E-state index contributed by atoms with van der Waals surface area (Å²) in [7, 11) is 0. The van der Waals surface area contributed by atoms with Crippen LogP contribution >= 0.6 is 0 Å². The molecule has 0 saturated heterocycles. The number of carboxylic acids is 1. The van der Waals surface area contributed by atoms with E-state index in [0.29, 0.717) is 32.2 Å². The smallest absolute Gasteiger partial charge is 0.325 e. The highest BCUT2D eigenvalue weighted by atomic mass is 16.4. The van der Waals surface area contributed by atoms with Crippen LogP contribution in [0.2, 0.25) is 0 Å². The lowest BCUT2D eigenvalue weighted by molar-refractivity contribution is -0.142. The van der Waals surface area contributed by atoms with E-state index in [1.54, 1.807) is 0 Å². The standard InChI is InChI=1S/C21H41N5O5/c1-12(2)10-16(19(28)24-14(5)21(30)31)26-20(29)17(11-13(3)4)25-18(27)15(23)8-6-7-9-22/h12-17H,6-11,22-23H2,1-5H3,(H,24,28)(H,25,27)(H,26,29)(H,30,31)/t14-,15-,16-,17-/m0/s1. The fourth-order valence-electron chi connectivity index (χ4n) is 2.97. The predicted octanol–water partition coefficient (Wildman–Crippen LogP) is 0.0938. The first-order chi connectivity index (χ1) is 14.4. The van der Waals surface area contributed by atoms with E-state index in [1.165, 1.54) is 6.92 Å². The van der Waals surface area contributed by atoms with Crippen LogP contribution in [-0.2, 0) is 19.2 Å². The first kappa shape index (κ1) is 28.8. The molecule has 3 amide bonds. The van der Waals surface area contributed by atoms with Crippen molar-refractivity contribution in [2.45, 2.75) is 90.9 Å². The van der Waals surface area contributed by atoms with Crippen molar-refractivity contribution < 1.29 is 24.3 Å². The molecule has 0 aromatic heterocycles. The van der Waals surface area contributed by atoms with Crippen molar-refractivity contribution in [3.8, 4) is 0 Å². The minimum absolute atomic E-state index is 0.0743. The highest BCUT2D eigenvalue weighted by Crippen LogP contribution is 2.10. The minimum atomic E-state index is -1.17. The third kappa shape index (κ3) is 12.3. The van der Waals surface area contributed by atoms with Gasteiger partial charge in [0.15, 0.2) is 0 Å². The van der Waals surface area contributed by atoms with Crippen molar-refractivity contribution >= 4 is 23.7 Å². The van der Waals surface area contributed by atoms with Crippen LogP contribution < -0.4 is 27.4 Å². The Morgan fingerprint density at radius 2 is 1.23 bits per heavy atom. The topological polar surface area (TPSA) is 177 Å². The van der Waals surface area contributed by atoms with Crippen molar-refractivity contribution in [3.05, 3.63) is 0 Å². The van der Waals surface area contributed by atoms with Crippen LogP contribution in [0, 0.1) is 11.8 Å². The van der Waals surface area contributed by atoms with Gasteiger partial charge in [0.25, 0.3) is 0 Å². The summed E-state index contributed by atoms with van der Waals surface area (Å²) in [5.41, 5.74) is 11.4. The molecular formula is C21H41N5O5. The van der Waals surface area contributed by atoms with Crippen molar-refractivity contribution in [1.82, 2.24) is 16.0 Å². The van der Waals surface area contributed by atoms with E-state index >= 15 is 0 Å². The van der Waals surface area contributed by atoms with Gasteiger partial charge in [-0.15, -0.1) is 0 Å². The second-order valence-electron chi connectivity index (χ2n) is 8.84. The van der Waals surface area contributed by atoms with Crippen LogP contribution in [0.15, 0.2) is 0 Å². The van der Waals surface area contributed by atoms with Gasteiger partial charge in [-0.1, -0.05) is 34.1 Å². The van der Waals surface area contributed by atoms with Crippen molar-refractivity contribution in [1.29, 1.82) is 0 Å². The zero-order valence-corrected chi connectivity index (χ0v) is 19.4. The van der Waals surface area contributed by atoms with E-state index in [4.69, 9.17) is 16.6 Å². The number of carbonyl (C=O) groups is 4. The number of rotatable bonds is 15. The van der Waals surface area contributed by atoms with Crippen LogP contribution in [-0.4, -0.2) is 59.5 Å². The third-order valence-electron chi connectivity index (χ3n) is 4.72. The van der Waals surface area contributed by atoms with Gasteiger partial charge >= 0.3 is 5.97 Å². The van der Waals surface area contributed by atoms with E-state index in [2.05, 4.69) is 16.0 Å². The molecule has 0 aromatic carbocycles. The van der Waals surface area contributed by atoms with Crippen LogP contribution in [0.4, 0.5) is 0 Å². The zero-order valence-electron chi connectivity index (χ0n) is 19.4. The lowest BCUT2D eigenvalue weighted by Gasteiger charge is -2.26. The number of nitrogens with one attached hydrogen (secondary N) is 3. The molecule has 0 rings (SSSR count). The normalized spacial score (nSPS) is 15.1. The molecule has 0 saturated carbocycles. The molecule has 0 bridgehead atoms. The maximum atomic E-state index is 12.9. The summed E-state index contributed by atoms with van der Waals surface area (Å²) in [6.45, 7) is 9.48. The molecule has 0 radical (unpaired) electrons. The monoisotopic (exact) mass is 443 g/mol. The van der Waals surface area contributed by atoms with Crippen molar-refractivity contribution in [2.24, 2.45) is 23.3 Å². The molecule has 0 spiro atoms. The fraction of sp³-hybridized carbons (Fsp3) is 0.810. The first-order valence-corrected chi connectivity index (χ1v) is 11.0. The molecule has 8 N–H and O–H groups in total. The number of unbranched alkanes of at least 4 members (excludes halogenated alkanes) is 1. The predicted molar refractivity (Wildman–Crippen MR) is 119 cm³/mol. The number of aliphatic carboxylic acids is 1. The summed E-state index contributed by atoms with van der Waals surface area (Å²) in [6, 6.07) is -3.61. The van der Waals surface area contributed by atoms with Crippen LogP contribution in [0.1, 0.15) is 66.7 Å². The summed E-state index contributed by atoms with van der Waals surface area (Å²) >= 11 is 0. The minimum Gasteiger partial charge on any atom is -0.480 e. The Morgan fingerprint density at radius 1 is 0.774 bits per heavy atom. The second kappa shape index (κ2) is 14.7. The summed E-state index contributed by atoms with van der Waals surface area (Å²) in [4.78, 5) is 49.0. The fourth-order valence-corrected chi connectivity index (χ4v) is 2.97. The van der Waals surface area contributed by atoms with Gasteiger partial charge in [-0.2, -0.15) is 0 Å². The van der Waals surface area contributed by atoms with E-state index in [1.807, 2.05) is 27.7 Å². The highest BCUT2D eigenvalue weighted by molar-refractivity contribution is 5.94. The molecule has 0 aliphatic rings. The molecule has 0 aliphatic carbocycles. The summed E-state index contributed by atoms with van der Waals surface area (Å²) < 4.78 is 0. The molecule has 10 heteroatoms. The number of hydrogen-bond acceptors (Lipinski definition) is 6. The molecule has 0 heterocycles. The Balaban J connectivity index is 5.26. The number of nitrogens with two attached hydrogens (primary N) is 2. The average molecular weight is 444 g/mol. The second-order valence-corrected chi connectivity index (χ2v) is 8.84. The number of carboxylic acid groups (broad SMARTS) is 1. The van der Waals surface area contributed by atoms with Gasteiger partial charge in [-0.25, -0.2) is 0 Å². The lowest BCUT2D eigenvalue weighted by Crippen LogP contribution is -2.57. The highest BCUT2D eigenvalue weighted by Gasteiger charge is 2.30. The average Bonchev–Trinajstić information content (AvgIpc) is 2.65. The van der Waals surface area contributed by atoms with E-state index in [-0.39, 0.29) is 11.8 Å². The van der Waals surface area contributed by atoms with Crippen LogP contribution in [0.25, 0.3) is 0 Å². The van der Waals surface area contributed by atoms with Gasteiger partial charge in [-0.3, -0.25) is 19.2 Å².